The Morgan fingerprint density at radius 3 is 1.44 bits per heavy atom. The summed E-state index contributed by atoms with van der Waals surface area (Å²) < 4.78 is 49.5. The Hall–Kier alpha value is -2.80. The van der Waals surface area contributed by atoms with Crippen LogP contribution in [0.3, 0.4) is 0 Å². The number of halogens is 1. The number of ketones is 2. The lowest BCUT2D eigenvalue weighted by Crippen LogP contribution is -2.56. The van der Waals surface area contributed by atoms with Crippen molar-refractivity contribution in [3.63, 3.8) is 0 Å². The summed E-state index contributed by atoms with van der Waals surface area (Å²) in [5, 5.41) is 22.5. The van der Waals surface area contributed by atoms with Gasteiger partial charge in [0.2, 0.25) is 0 Å². The molecule has 0 aromatic carbocycles. The van der Waals surface area contributed by atoms with E-state index in [-0.39, 0.29) is 127 Å². The Morgan fingerprint density at radius 1 is 0.635 bits per heavy atom. The Bertz CT molecular complexity index is 2150. The molecule has 18 nitrogen and oxygen atoms in total. The third-order valence-electron chi connectivity index (χ3n) is 17.6. The van der Waals surface area contributed by atoms with Gasteiger partial charge in [0.15, 0.2) is 30.4 Å². The molecule has 85 heavy (non-hydrogen) atoms. The minimum Gasteiger partial charge on any atom is -0.462 e. The van der Waals surface area contributed by atoms with Gasteiger partial charge in [-0.3, -0.25) is 19.2 Å². The Morgan fingerprint density at radius 2 is 1.05 bits per heavy atom. The van der Waals surface area contributed by atoms with Crippen LogP contribution < -0.4 is 0 Å². The van der Waals surface area contributed by atoms with Gasteiger partial charge in [0, 0.05) is 86.6 Å². The number of carbonyl (C=O) groups excluding carboxylic acids is 5. The van der Waals surface area contributed by atoms with Crippen LogP contribution in [0.15, 0.2) is 47.6 Å². The number of methoxy groups -OCH3 is 2. The molecule has 0 saturated carbocycles. The summed E-state index contributed by atoms with van der Waals surface area (Å²) in [4.78, 5) is 70.8. The predicted octanol–water partition coefficient (Wildman–Crippen LogP) is 9.35. The van der Waals surface area contributed by atoms with Crippen LogP contribution in [-0.2, 0) is 61.9 Å². The SMILES string of the molecule is CC[C@H]1OC(=O)CC[C@H](C)[C@@H](OC2OC(C)CC(N(C)C)C2O)[C@@H](CC(OC)OC)C[C@@H](C)C(=O)/C=C/C(C)=C/[C@@H]1CI.CC[C@H]1OC(=O)CC[C@H](C)[C@@H](OC2OC(C)CC(N(C)C)C2O)[C@@H](CC=O)C[C@@H](C)C(=O)/C=C/C(C)=C/[C@@H]1CN(C)C. The topological polar surface area (TPSA) is 209 Å². The molecule has 0 spiro atoms. The zero-order chi connectivity index (χ0) is 63.8. The van der Waals surface area contributed by atoms with Gasteiger partial charge < -0.3 is 67.6 Å². The fourth-order valence-electron chi connectivity index (χ4n) is 12.5. The van der Waals surface area contributed by atoms with Crippen molar-refractivity contribution in [2.75, 3.05) is 67.5 Å². The smallest absolute Gasteiger partial charge is 0.306 e. The van der Waals surface area contributed by atoms with Crippen molar-refractivity contribution in [2.24, 2.45) is 47.3 Å². The van der Waals surface area contributed by atoms with Crippen LogP contribution in [0.5, 0.6) is 0 Å². The first kappa shape index (κ1) is 76.4. The summed E-state index contributed by atoms with van der Waals surface area (Å²) in [5.74, 6) is -1.89. The number of esters is 2. The van der Waals surface area contributed by atoms with Crippen molar-refractivity contribution in [1.29, 1.82) is 0 Å². The summed E-state index contributed by atoms with van der Waals surface area (Å²) in [7, 11) is 14.9. The Balaban J connectivity index is 0.000000445. The first-order valence-corrected chi connectivity index (χ1v) is 32.8. The molecule has 4 aliphatic rings. The number of likely N-dealkylation sites (N-methyl/N-ethyl adjacent to an activating group) is 2. The summed E-state index contributed by atoms with van der Waals surface area (Å²) in [5.41, 5.74) is 1.89. The molecule has 19 heteroatoms. The highest BCUT2D eigenvalue weighted by atomic mass is 127. The maximum absolute atomic E-state index is 13.4. The van der Waals surface area contributed by atoms with Crippen LogP contribution in [0.4, 0.5) is 0 Å². The quantitative estimate of drug-likeness (QED) is 0.0457. The van der Waals surface area contributed by atoms with Crippen LogP contribution in [0, 0.1) is 47.3 Å². The summed E-state index contributed by atoms with van der Waals surface area (Å²) in [6.45, 7) is 20.5. The number of nitrogens with zero attached hydrogens (tertiary/aromatic N) is 3. The molecule has 0 aliphatic carbocycles. The number of aldehydes is 1. The number of alkyl halides is 1. The number of cyclic esters (lactones) is 2. The molecule has 0 amide bonds. The number of aliphatic hydroxyl groups excluding tert-OH is 2. The molecule has 0 bridgehead atoms. The average molecular weight is 1310 g/mol. The molecule has 2 N–H and O–H groups in total. The highest BCUT2D eigenvalue weighted by Gasteiger charge is 2.44. The van der Waals surface area contributed by atoms with Crippen molar-refractivity contribution in [1.82, 2.24) is 14.7 Å². The molecule has 0 aromatic rings. The lowest BCUT2D eigenvalue weighted by molar-refractivity contribution is -0.282. The van der Waals surface area contributed by atoms with Crippen molar-refractivity contribution >= 4 is 52.4 Å². The second kappa shape index (κ2) is 38.7. The number of hydrogen-bond acceptors (Lipinski definition) is 18. The second-order valence-electron chi connectivity index (χ2n) is 25.6. The second-order valence-corrected chi connectivity index (χ2v) is 26.5. The summed E-state index contributed by atoms with van der Waals surface area (Å²) in [6, 6.07) is -0.282. The molecular formula is C66H112IN3O15. The maximum Gasteiger partial charge on any atom is 0.306 e. The lowest BCUT2D eigenvalue weighted by atomic mass is 9.80. The van der Waals surface area contributed by atoms with E-state index in [0.717, 1.165) is 21.9 Å². The van der Waals surface area contributed by atoms with E-state index in [4.69, 9.17) is 37.9 Å². The number of aliphatic hydroxyl groups is 2. The van der Waals surface area contributed by atoms with Gasteiger partial charge in [-0.15, -0.1) is 0 Å². The minimum absolute atomic E-state index is 0.0185. The maximum atomic E-state index is 13.4. The van der Waals surface area contributed by atoms with Gasteiger partial charge in [0.1, 0.15) is 30.7 Å². The van der Waals surface area contributed by atoms with Crippen LogP contribution in [-0.4, -0.2) is 202 Å². The largest absolute Gasteiger partial charge is 0.462 e. The van der Waals surface area contributed by atoms with Crippen molar-refractivity contribution in [3.8, 4) is 0 Å². The molecule has 4 rings (SSSR count). The molecule has 0 aromatic heterocycles. The molecule has 488 valence electrons. The van der Waals surface area contributed by atoms with Crippen molar-refractivity contribution in [3.05, 3.63) is 47.6 Å². The van der Waals surface area contributed by atoms with Crippen molar-refractivity contribution in [2.45, 2.75) is 226 Å². The van der Waals surface area contributed by atoms with E-state index in [0.29, 0.717) is 64.3 Å². The number of rotatable bonds is 17. The fraction of sp³-hybridized carbons (Fsp3) is 0.803. The highest BCUT2D eigenvalue weighted by Crippen LogP contribution is 2.37. The zero-order valence-corrected chi connectivity index (χ0v) is 57.1. The van der Waals surface area contributed by atoms with Crippen LogP contribution in [0.25, 0.3) is 0 Å². The molecule has 4 aliphatic heterocycles. The van der Waals surface area contributed by atoms with E-state index in [1.54, 1.807) is 26.4 Å². The summed E-state index contributed by atoms with van der Waals surface area (Å²) >= 11 is 2.32. The van der Waals surface area contributed by atoms with Gasteiger partial charge >= 0.3 is 11.9 Å². The third kappa shape index (κ3) is 25.2. The monoisotopic (exact) mass is 1310 g/mol. The van der Waals surface area contributed by atoms with E-state index < -0.39 is 43.3 Å². The van der Waals surface area contributed by atoms with Gasteiger partial charge in [-0.1, -0.05) is 99.6 Å². The minimum atomic E-state index is -0.893. The molecule has 4 heterocycles. The van der Waals surface area contributed by atoms with E-state index in [9.17, 15) is 34.2 Å². The fourth-order valence-corrected chi connectivity index (χ4v) is 13.3. The van der Waals surface area contributed by atoms with Crippen molar-refractivity contribution < 1.29 is 72.1 Å². The van der Waals surface area contributed by atoms with Gasteiger partial charge in [-0.05, 0) is 157 Å². The van der Waals surface area contributed by atoms with E-state index in [1.165, 1.54) is 0 Å². The molecule has 2 saturated heterocycles. The van der Waals surface area contributed by atoms with E-state index in [1.807, 2.05) is 133 Å². The first-order valence-electron chi connectivity index (χ1n) is 31.3. The number of ether oxygens (including phenoxy) is 8. The molecular weight excluding hydrogens is 1200 g/mol. The number of hydrogen-bond donors (Lipinski definition) is 2. The molecule has 2 fully saturated rings. The standard InChI is InChI=1S/C33H56INO8.C33H56N2O7/c1-10-28-25(19-34)15-20(2)11-13-27(36)22(4)16-24(18-30(39-8)40-9)32(21(3)12-14-29(37)42-28)43-33-31(38)26(35(6)7)17-23(5)41-33;1-10-29-26(20-34(6)7)17-21(2)11-13-28(37)23(4)18-25(15-16-36)32(22(3)12-14-30(38)41-29)42-33-31(39)27(35(8)9)19-24(5)40-33/h11,13,15,21-26,28,30-33,38H,10,12,14,16-19H2,1-9H3;11,13,16-17,22-27,29,31-33,39H,10,12,14-15,18-20H2,1-9H3/b13-11+,20-15+;13-11+,21-17+/t21-,22+,23?,24+,25+,26?,28+,31?,32+,33?;22-,23+,24?,25-,26+,27?,29+,31?,32+,33?/m00/s1. The number of allylic oxidation sites excluding steroid dienone is 6. The van der Waals surface area contributed by atoms with E-state index in [2.05, 4.69) is 39.6 Å². The van der Waals surface area contributed by atoms with Gasteiger partial charge in [0.25, 0.3) is 0 Å². The average Bonchev–Trinajstić information content (AvgIpc) is 3.47. The molecule has 8 unspecified atom stereocenters. The molecule has 0 radical (unpaired) electrons. The highest BCUT2D eigenvalue weighted by molar-refractivity contribution is 14.1. The summed E-state index contributed by atoms with van der Waals surface area (Å²) in [6.07, 6.45) is 11.9. The lowest BCUT2D eigenvalue weighted by Gasteiger charge is -2.44. The van der Waals surface area contributed by atoms with E-state index >= 15 is 0 Å². The Kier molecular flexibility index (Phi) is 34.8. The van der Waals surface area contributed by atoms with Crippen LogP contribution >= 0.6 is 22.6 Å². The van der Waals surface area contributed by atoms with Gasteiger partial charge in [-0.2, -0.15) is 0 Å². The van der Waals surface area contributed by atoms with Crippen LogP contribution in [0.2, 0.25) is 0 Å². The van der Waals surface area contributed by atoms with Gasteiger partial charge in [0.05, 0.1) is 24.4 Å². The van der Waals surface area contributed by atoms with Gasteiger partial charge in [-0.25, -0.2) is 0 Å². The molecule has 20 atom stereocenters. The van der Waals surface area contributed by atoms with Crippen LogP contribution in [0.1, 0.15) is 146 Å². The first-order chi connectivity index (χ1) is 40.1. The Labute approximate surface area is 525 Å². The third-order valence-corrected chi connectivity index (χ3v) is 18.6. The zero-order valence-electron chi connectivity index (χ0n) is 55.0. The number of carbonyl (C=O) groups is 5. The predicted molar refractivity (Wildman–Crippen MR) is 340 cm³/mol. The normalized spacial score (nSPS) is 37.9.